The van der Waals surface area contributed by atoms with Crippen molar-refractivity contribution in [2.24, 2.45) is 0 Å². The van der Waals surface area contributed by atoms with Crippen molar-refractivity contribution in [3.63, 3.8) is 0 Å². The van der Waals surface area contributed by atoms with Crippen LogP contribution in [0.15, 0.2) is 84.2 Å². The van der Waals surface area contributed by atoms with E-state index in [-0.39, 0.29) is 0 Å². The lowest BCUT2D eigenvalue weighted by Crippen LogP contribution is -2.22. The van der Waals surface area contributed by atoms with Crippen molar-refractivity contribution in [3.8, 4) is 0 Å². The SMILES string of the molecule is C=C1C2=C(CC3=C(C2)Nc2ccccc2C3=C)Nc2ccccc21. The molecule has 0 atom stereocenters. The van der Waals surface area contributed by atoms with E-state index < -0.39 is 0 Å². The molecule has 0 amide bonds. The molecule has 0 aromatic heterocycles. The number of hydrogen-bond acceptors (Lipinski definition) is 2. The molecule has 0 fully saturated rings. The number of fused-ring (bicyclic) bond motifs is 2. The first-order valence-corrected chi connectivity index (χ1v) is 8.28. The molecule has 24 heavy (non-hydrogen) atoms. The van der Waals surface area contributed by atoms with Crippen LogP contribution in [0.25, 0.3) is 11.1 Å². The maximum absolute atomic E-state index is 4.37. The zero-order valence-electron chi connectivity index (χ0n) is 13.4. The van der Waals surface area contributed by atoms with Crippen molar-refractivity contribution in [1.29, 1.82) is 0 Å². The highest BCUT2D eigenvalue weighted by Gasteiger charge is 2.31. The molecule has 5 rings (SSSR count). The molecule has 0 saturated carbocycles. The summed E-state index contributed by atoms with van der Waals surface area (Å²) in [6, 6.07) is 16.8. The molecule has 2 heteroatoms. The predicted octanol–water partition coefficient (Wildman–Crippen LogP) is 5.57. The summed E-state index contributed by atoms with van der Waals surface area (Å²) in [5.41, 5.74) is 12.1. The molecule has 0 radical (unpaired) electrons. The van der Waals surface area contributed by atoms with Gasteiger partial charge in [0.2, 0.25) is 0 Å². The van der Waals surface area contributed by atoms with Gasteiger partial charge in [0, 0.05) is 46.7 Å². The number of para-hydroxylation sites is 2. The summed E-state index contributed by atoms with van der Waals surface area (Å²) in [4.78, 5) is 0. The van der Waals surface area contributed by atoms with Gasteiger partial charge in [0.1, 0.15) is 0 Å². The van der Waals surface area contributed by atoms with Crippen LogP contribution in [0.2, 0.25) is 0 Å². The number of nitrogens with one attached hydrogen (secondary N) is 2. The topological polar surface area (TPSA) is 24.1 Å². The van der Waals surface area contributed by atoms with Gasteiger partial charge in [0.25, 0.3) is 0 Å². The van der Waals surface area contributed by atoms with Crippen molar-refractivity contribution >= 4 is 22.5 Å². The summed E-state index contributed by atoms with van der Waals surface area (Å²) in [6.07, 6.45) is 1.75. The Kier molecular flexibility index (Phi) is 2.66. The summed E-state index contributed by atoms with van der Waals surface area (Å²) < 4.78 is 0. The number of rotatable bonds is 0. The molecule has 0 bridgehead atoms. The van der Waals surface area contributed by atoms with Gasteiger partial charge >= 0.3 is 0 Å². The summed E-state index contributed by atoms with van der Waals surface area (Å²) in [5.74, 6) is 0. The van der Waals surface area contributed by atoms with Crippen LogP contribution in [0.3, 0.4) is 0 Å². The maximum Gasteiger partial charge on any atom is 0.0461 e. The molecule has 116 valence electrons. The van der Waals surface area contributed by atoms with Crippen LogP contribution in [0, 0.1) is 0 Å². The first-order valence-electron chi connectivity index (χ1n) is 8.28. The van der Waals surface area contributed by atoms with Gasteiger partial charge in [0.05, 0.1) is 0 Å². The third-order valence-electron chi connectivity index (χ3n) is 5.24. The highest BCUT2D eigenvalue weighted by molar-refractivity contribution is 5.95. The van der Waals surface area contributed by atoms with E-state index in [4.69, 9.17) is 0 Å². The van der Waals surface area contributed by atoms with Crippen molar-refractivity contribution in [1.82, 2.24) is 0 Å². The third-order valence-corrected chi connectivity index (χ3v) is 5.24. The van der Waals surface area contributed by atoms with Crippen LogP contribution < -0.4 is 10.6 Å². The Labute approximate surface area is 141 Å². The molecule has 2 heterocycles. The van der Waals surface area contributed by atoms with Crippen molar-refractivity contribution in [3.05, 3.63) is 95.4 Å². The molecule has 3 aliphatic rings. The second-order valence-electron chi connectivity index (χ2n) is 6.57. The van der Waals surface area contributed by atoms with E-state index in [1.54, 1.807) is 0 Å². The molecule has 0 saturated heterocycles. The van der Waals surface area contributed by atoms with Crippen LogP contribution in [0.1, 0.15) is 24.0 Å². The fourth-order valence-electron chi connectivity index (χ4n) is 3.96. The molecule has 2 aliphatic heterocycles. The average molecular weight is 310 g/mol. The molecule has 2 aromatic carbocycles. The van der Waals surface area contributed by atoms with E-state index in [2.05, 4.69) is 72.3 Å². The standard InChI is InChI=1S/C22H18N2/c1-13-15-7-3-5-9-19(15)23-21-12-18-14(2)16-8-4-6-10-20(16)24-22(18)11-17(13)21/h3-10,23-24H,1-2,11-12H2. The van der Waals surface area contributed by atoms with Gasteiger partial charge in [-0.1, -0.05) is 49.6 Å². The highest BCUT2D eigenvalue weighted by atomic mass is 14.9. The van der Waals surface area contributed by atoms with Crippen molar-refractivity contribution < 1.29 is 0 Å². The lowest BCUT2D eigenvalue weighted by molar-refractivity contribution is 0.967. The van der Waals surface area contributed by atoms with E-state index in [1.165, 1.54) is 33.7 Å². The van der Waals surface area contributed by atoms with Crippen LogP contribution in [-0.2, 0) is 0 Å². The van der Waals surface area contributed by atoms with Gasteiger partial charge in [-0.15, -0.1) is 0 Å². The first kappa shape index (κ1) is 13.4. The number of allylic oxidation sites excluding steroid dienone is 4. The predicted molar refractivity (Wildman–Crippen MR) is 101 cm³/mol. The van der Waals surface area contributed by atoms with E-state index in [0.717, 1.165) is 35.4 Å². The fraction of sp³-hybridized carbons (Fsp3) is 0.0909. The average Bonchev–Trinajstić information content (AvgIpc) is 2.62. The molecular weight excluding hydrogens is 292 g/mol. The Morgan fingerprint density at radius 1 is 0.625 bits per heavy atom. The Morgan fingerprint density at radius 3 is 1.50 bits per heavy atom. The van der Waals surface area contributed by atoms with E-state index in [9.17, 15) is 0 Å². The molecule has 2 nitrogen and oxygen atoms in total. The van der Waals surface area contributed by atoms with Crippen LogP contribution >= 0.6 is 0 Å². The van der Waals surface area contributed by atoms with E-state index in [1.807, 2.05) is 0 Å². The van der Waals surface area contributed by atoms with Gasteiger partial charge < -0.3 is 10.6 Å². The Morgan fingerprint density at radius 2 is 1.04 bits per heavy atom. The first-order chi connectivity index (χ1) is 11.7. The molecular formula is C22H18N2. The van der Waals surface area contributed by atoms with Crippen LogP contribution in [0.4, 0.5) is 11.4 Å². The third kappa shape index (κ3) is 1.77. The van der Waals surface area contributed by atoms with Gasteiger partial charge in [-0.25, -0.2) is 0 Å². The molecule has 0 unspecified atom stereocenters. The minimum atomic E-state index is 0.873. The van der Waals surface area contributed by atoms with Gasteiger partial charge in [-0.3, -0.25) is 0 Å². The van der Waals surface area contributed by atoms with Crippen LogP contribution in [0.5, 0.6) is 0 Å². The second kappa shape index (κ2) is 4.75. The number of hydrogen-bond donors (Lipinski definition) is 2. The van der Waals surface area contributed by atoms with Crippen molar-refractivity contribution in [2.75, 3.05) is 10.6 Å². The smallest absolute Gasteiger partial charge is 0.0461 e. The second-order valence-corrected chi connectivity index (χ2v) is 6.57. The minimum Gasteiger partial charge on any atom is -0.358 e. The maximum atomic E-state index is 4.37. The quantitative estimate of drug-likeness (QED) is 0.665. The molecule has 1 aliphatic carbocycles. The van der Waals surface area contributed by atoms with E-state index >= 15 is 0 Å². The van der Waals surface area contributed by atoms with Crippen LogP contribution in [-0.4, -0.2) is 0 Å². The summed E-state index contributed by atoms with van der Waals surface area (Å²) in [7, 11) is 0. The lowest BCUT2D eigenvalue weighted by atomic mass is 9.79. The summed E-state index contributed by atoms with van der Waals surface area (Å²) in [5, 5.41) is 7.25. The summed E-state index contributed by atoms with van der Waals surface area (Å²) >= 11 is 0. The van der Waals surface area contributed by atoms with Gasteiger partial charge in [-0.2, -0.15) is 0 Å². The highest BCUT2D eigenvalue weighted by Crippen LogP contribution is 2.48. The monoisotopic (exact) mass is 310 g/mol. The molecule has 2 aromatic rings. The molecule has 0 spiro atoms. The number of anilines is 2. The lowest BCUT2D eigenvalue weighted by Gasteiger charge is -2.36. The number of benzene rings is 2. The largest absolute Gasteiger partial charge is 0.358 e. The zero-order chi connectivity index (χ0) is 16.3. The van der Waals surface area contributed by atoms with Gasteiger partial charge in [0.15, 0.2) is 0 Å². The Bertz CT molecular complexity index is 907. The van der Waals surface area contributed by atoms with Gasteiger partial charge in [-0.05, 0) is 34.4 Å². The summed E-state index contributed by atoms with van der Waals surface area (Å²) in [6.45, 7) is 8.74. The Balaban J connectivity index is 1.56. The minimum absolute atomic E-state index is 0.873. The van der Waals surface area contributed by atoms with E-state index in [0.29, 0.717) is 0 Å². The fourth-order valence-corrected chi connectivity index (χ4v) is 3.96. The normalized spacial score (nSPS) is 18.2. The zero-order valence-corrected chi connectivity index (χ0v) is 13.4. The van der Waals surface area contributed by atoms with Crippen molar-refractivity contribution in [2.45, 2.75) is 12.8 Å². The Hall–Kier alpha value is -3.00. The molecule has 2 N–H and O–H groups in total.